The highest BCUT2D eigenvalue weighted by Gasteiger charge is 2.27. The van der Waals surface area contributed by atoms with E-state index in [2.05, 4.69) is 10.6 Å². The van der Waals surface area contributed by atoms with Crippen LogP contribution in [0.15, 0.2) is 28.9 Å². The van der Waals surface area contributed by atoms with Crippen molar-refractivity contribution in [1.29, 1.82) is 0 Å². The highest BCUT2D eigenvalue weighted by atomic mass is 32.1. The summed E-state index contributed by atoms with van der Waals surface area (Å²) in [5.74, 6) is -1.97. The summed E-state index contributed by atoms with van der Waals surface area (Å²) in [5.41, 5.74) is 0.658. The molecule has 0 saturated carbocycles. The molecule has 0 aliphatic heterocycles. The lowest BCUT2D eigenvalue weighted by atomic mass is 9.99. The third kappa shape index (κ3) is 4.48. The Balaban J connectivity index is 2.11. The summed E-state index contributed by atoms with van der Waals surface area (Å²) in [6.45, 7) is 5.37. The topological polar surface area (TPSA) is 109 Å². The molecule has 0 radical (unpaired) electrons. The monoisotopic (exact) mass is 364 g/mol. The first-order chi connectivity index (χ1) is 11.8. The zero-order valence-corrected chi connectivity index (χ0v) is 15.0. The summed E-state index contributed by atoms with van der Waals surface area (Å²) >= 11 is 1.09. The second kappa shape index (κ2) is 7.98. The van der Waals surface area contributed by atoms with Crippen LogP contribution >= 0.6 is 11.3 Å². The van der Waals surface area contributed by atoms with Crippen molar-refractivity contribution in [3.05, 3.63) is 40.7 Å². The van der Waals surface area contributed by atoms with Crippen LogP contribution in [0.1, 0.15) is 46.1 Å². The Labute approximate surface area is 149 Å². The van der Waals surface area contributed by atoms with Crippen LogP contribution in [0.5, 0.6) is 0 Å². The van der Waals surface area contributed by atoms with Crippen LogP contribution < -0.4 is 10.6 Å². The van der Waals surface area contributed by atoms with E-state index in [0.717, 1.165) is 11.3 Å². The molecule has 0 unspecified atom stereocenters. The molecule has 0 spiro atoms. The van der Waals surface area contributed by atoms with Crippen LogP contribution in [0.4, 0.5) is 5.00 Å². The predicted molar refractivity (Wildman–Crippen MR) is 94.1 cm³/mol. The SMILES string of the molecule is CC[C@H](C)[C@H](NC(=O)c1sc(NC(=O)c2ccco2)cc1C)C(=O)O. The normalized spacial score (nSPS) is 13.1. The minimum absolute atomic E-state index is 0.166. The van der Waals surface area contributed by atoms with Crippen molar-refractivity contribution in [2.45, 2.75) is 33.2 Å². The quantitative estimate of drug-likeness (QED) is 0.699. The first kappa shape index (κ1) is 18.7. The van der Waals surface area contributed by atoms with Crippen LogP contribution in [-0.2, 0) is 4.79 Å². The number of nitrogens with one attached hydrogen (secondary N) is 2. The van der Waals surface area contributed by atoms with Gasteiger partial charge in [-0.05, 0) is 36.6 Å². The van der Waals surface area contributed by atoms with E-state index < -0.39 is 23.8 Å². The molecule has 2 aromatic heterocycles. The second-order valence-corrected chi connectivity index (χ2v) is 6.78. The number of aliphatic carboxylic acids is 1. The zero-order chi connectivity index (χ0) is 18.6. The van der Waals surface area contributed by atoms with Crippen LogP contribution in [0.25, 0.3) is 0 Å². The Hall–Kier alpha value is -2.61. The molecule has 0 bridgehead atoms. The molecule has 134 valence electrons. The molecule has 8 heteroatoms. The van der Waals surface area contributed by atoms with Crippen LogP contribution in [-0.4, -0.2) is 28.9 Å². The molecule has 2 heterocycles. The molecule has 0 fully saturated rings. The van der Waals surface area contributed by atoms with Gasteiger partial charge in [0.1, 0.15) is 6.04 Å². The van der Waals surface area contributed by atoms with Crippen molar-refractivity contribution in [2.24, 2.45) is 5.92 Å². The van der Waals surface area contributed by atoms with Crippen molar-refractivity contribution in [3.63, 3.8) is 0 Å². The van der Waals surface area contributed by atoms with Gasteiger partial charge in [-0.2, -0.15) is 0 Å². The molecule has 3 N–H and O–H groups in total. The van der Waals surface area contributed by atoms with E-state index in [1.54, 1.807) is 26.0 Å². The molecule has 0 aliphatic rings. The molecule has 7 nitrogen and oxygen atoms in total. The molecular formula is C17H20N2O5S. The third-order valence-corrected chi connectivity index (χ3v) is 5.02. The standard InChI is InChI=1S/C17H20N2O5S/c1-4-9(2)13(17(22)23)19-16(21)14-10(3)8-12(25-14)18-15(20)11-6-5-7-24-11/h5-9,13H,4H2,1-3H3,(H,18,20)(H,19,21)(H,22,23)/t9-,13-/m0/s1. The summed E-state index contributed by atoms with van der Waals surface area (Å²) in [5, 5.41) is 15.0. The maximum absolute atomic E-state index is 12.4. The number of rotatable bonds is 7. The van der Waals surface area contributed by atoms with Gasteiger partial charge < -0.3 is 20.2 Å². The molecule has 2 rings (SSSR count). The van der Waals surface area contributed by atoms with Gasteiger partial charge in [0.25, 0.3) is 11.8 Å². The Morgan fingerprint density at radius 2 is 2.04 bits per heavy atom. The molecule has 2 aromatic rings. The number of aryl methyl sites for hydroxylation is 1. The summed E-state index contributed by atoms with van der Waals surface area (Å²) in [6, 6.07) is 3.85. The lowest BCUT2D eigenvalue weighted by molar-refractivity contribution is -0.140. The van der Waals surface area contributed by atoms with Crippen molar-refractivity contribution in [1.82, 2.24) is 5.32 Å². The number of carboxylic acids is 1. The van der Waals surface area contributed by atoms with Crippen LogP contribution in [0.3, 0.4) is 0 Å². The van der Waals surface area contributed by atoms with Gasteiger partial charge in [0.05, 0.1) is 16.1 Å². The van der Waals surface area contributed by atoms with Gasteiger partial charge in [0.15, 0.2) is 5.76 Å². The molecule has 0 saturated heterocycles. The minimum atomic E-state index is -1.07. The number of hydrogen-bond donors (Lipinski definition) is 3. The Bertz CT molecular complexity index is 766. The number of furan rings is 1. The largest absolute Gasteiger partial charge is 0.480 e. The summed E-state index contributed by atoms with van der Waals surface area (Å²) < 4.78 is 5.02. The van der Waals surface area contributed by atoms with Gasteiger partial charge in [-0.3, -0.25) is 9.59 Å². The number of anilines is 1. The highest BCUT2D eigenvalue weighted by Crippen LogP contribution is 2.27. The molecule has 25 heavy (non-hydrogen) atoms. The lowest BCUT2D eigenvalue weighted by Crippen LogP contribution is -2.44. The summed E-state index contributed by atoms with van der Waals surface area (Å²) in [6.07, 6.45) is 2.03. The predicted octanol–water partition coefficient (Wildman–Crippen LogP) is 3.13. The first-order valence-electron chi connectivity index (χ1n) is 7.82. The number of carbonyl (C=O) groups is 3. The zero-order valence-electron chi connectivity index (χ0n) is 14.2. The van der Waals surface area contributed by atoms with Gasteiger partial charge in [-0.1, -0.05) is 20.3 Å². The second-order valence-electron chi connectivity index (χ2n) is 5.73. The average Bonchev–Trinajstić information content (AvgIpc) is 3.21. The molecule has 0 aromatic carbocycles. The molecule has 0 aliphatic carbocycles. The van der Waals surface area contributed by atoms with Crippen LogP contribution in [0, 0.1) is 12.8 Å². The van der Waals surface area contributed by atoms with Crippen molar-refractivity contribution in [3.8, 4) is 0 Å². The van der Waals surface area contributed by atoms with E-state index >= 15 is 0 Å². The number of carboxylic acid groups (broad SMARTS) is 1. The van der Waals surface area contributed by atoms with Gasteiger partial charge >= 0.3 is 5.97 Å². The van der Waals surface area contributed by atoms with Gasteiger partial charge in [0.2, 0.25) is 0 Å². The molecule has 2 atom stereocenters. The average molecular weight is 364 g/mol. The fraction of sp³-hybridized carbons (Fsp3) is 0.353. The van der Waals surface area contributed by atoms with Gasteiger partial charge in [-0.15, -0.1) is 11.3 Å². The van der Waals surface area contributed by atoms with Gasteiger partial charge in [0, 0.05) is 0 Å². The third-order valence-electron chi connectivity index (χ3n) is 3.87. The summed E-state index contributed by atoms with van der Waals surface area (Å²) in [7, 11) is 0. The molecule has 2 amide bonds. The van der Waals surface area contributed by atoms with E-state index in [1.165, 1.54) is 12.3 Å². The fourth-order valence-electron chi connectivity index (χ4n) is 2.24. The Morgan fingerprint density at radius 1 is 1.32 bits per heavy atom. The van der Waals surface area contributed by atoms with Gasteiger partial charge in [-0.25, -0.2) is 4.79 Å². The number of amides is 2. The fourth-order valence-corrected chi connectivity index (χ4v) is 3.21. The maximum Gasteiger partial charge on any atom is 0.326 e. The van der Waals surface area contributed by atoms with Crippen LogP contribution in [0.2, 0.25) is 0 Å². The number of carbonyl (C=O) groups excluding carboxylic acids is 2. The van der Waals surface area contributed by atoms with E-state index in [0.29, 0.717) is 21.9 Å². The highest BCUT2D eigenvalue weighted by molar-refractivity contribution is 7.18. The Kier molecular flexibility index (Phi) is 5.97. The van der Waals surface area contributed by atoms with E-state index in [9.17, 15) is 19.5 Å². The molecular weight excluding hydrogens is 344 g/mol. The minimum Gasteiger partial charge on any atom is -0.480 e. The summed E-state index contributed by atoms with van der Waals surface area (Å²) in [4.78, 5) is 36.1. The van der Waals surface area contributed by atoms with E-state index in [-0.39, 0.29) is 11.7 Å². The maximum atomic E-state index is 12.4. The number of thiophene rings is 1. The lowest BCUT2D eigenvalue weighted by Gasteiger charge is -2.19. The van der Waals surface area contributed by atoms with Crippen molar-refractivity contribution >= 4 is 34.1 Å². The van der Waals surface area contributed by atoms with Crippen molar-refractivity contribution < 1.29 is 23.9 Å². The van der Waals surface area contributed by atoms with E-state index in [1.807, 2.05) is 6.92 Å². The van der Waals surface area contributed by atoms with E-state index in [4.69, 9.17) is 4.42 Å². The first-order valence-corrected chi connectivity index (χ1v) is 8.64. The number of hydrogen-bond acceptors (Lipinski definition) is 5. The Morgan fingerprint density at radius 3 is 2.60 bits per heavy atom. The van der Waals surface area contributed by atoms with Crippen molar-refractivity contribution in [2.75, 3.05) is 5.32 Å². The smallest absolute Gasteiger partial charge is 0.326 e.